The van der Waals surface area contributed by atoms with Crippen LogP contribution in [0.1, 0.15) is 17.3 Å². The van der Waals surface area contributed by atoms with E-state index in [0.29, 0.717) is 11.3 Å². The highest BCUT2D eigenvalue weighted by atomic mass is 16.5. The van der Waals surface area contributed by atoms with Crippen LogP contribution in [0.15, 0.2) is 24.3 Å². The van der Waals surface area contributed by atoms with Crippen LogP contribution in [-0.2, 0) is 0 Å². The first-order valence-electron chi connectivity index (χ1n) is 4.16. The summed E-state index contributed by atoms with van der Waals surface area (Å²) >= 11 is 0. The second kappa shape index (κ2) is 4.41. The average molecular weight is 192 g/mol. The Morgan fingerprint density at radius 1 is 1.57 bits per heavy atom. The molecule has 3 N–H and O–H groups in total. The number of amidine groups is 1. The van der Waals surface area contributed by atoms with Crippen LogP contribution in [0, 0.1) is 5.41 Å². The molecule has 0 aromatic heterocycles. The molecule has 1 rings (SSSR count). The van der Waals surface area contributed by atoms with E-state index >= 15 is 0 Å². The molecule has 0 radical (unpaired) electrons. The van der Waals surface area contributed by atoms with Crippen LogP contribution in [0.25, 0.3) is 0 Å². The fourth-order valence-corrected chi connectivity index (χ4v) is 0.966. The van der Waals surface area contributed by atoms with Crippen LogP contribution < -0.4 is 10.5 Å². The van der Waals surface area contributed by atoms with E-state index in [2.05, 4.69) is 0 Å². The van der Waals surface area contributed by atoms with Crippen LogP contribution in [0.2, 0.25) is 0 Å². The van der Waals surface area contributed by atoms with Crippen molar-refractivity contribution >= 4 is 11.6 Å². The monoisotopic (exact) mass is 192 g/mol. The molecule has 0 atom stereocenters. The van der Waals surface area contributed by atoms with E-state index in [0.717, 1.165) is 0 Å². The van der Waals surface area contributed by atoms with Gasteiger partial charge in [0, 0.05) is 5.56 Å². The highest BCUT2D eigenvalue weighted by Crippen LogP contribution is 2.13. The molecule has 1 aromatic carbocycles. The number of hydrogen-bond acceptors (Lipinski definition) is 3. The van der Waals surface area contributed by atoms with Crippen LogP contribution in [0.4, 0.5) is 0 Å². The van der Waals surface area contributed by atoms with Crippen molar-refractivity contribution in [1.82, 2.24) is 0 Å². The average Bonchev–Trinajstić information content (AvgIpc) is 2.15. The Labute approximate surface area is 82.2 Å². The molecule has 0 saturated heterocycles. The fraction of sp³-hybridized carbons (Fsp3) is 0.200. The minimum atomic E-state index is -0.0433. The number of hydrogen-bond donors (Lipinski definition) is 2. The Morgan fingerprint density at radius 3 is 2.86 bits per heavy atom. The van der Waals surface area contributed by atoms with Crippen molar-refractivity contribution in [2.45, 2.75) is 6.92 Å². The number of rotatable bonds is 4. The van der Waals surface area contributed by atoms with Crippen LogP contribution in [0.3, 0.4) is 0 Å². The van der Waals surface area contributed by atoms with E-state index in [1.54, 1.807) is 24.3 Å². The van der Waals surface area contributed by atoms with Crippen LogP contribution in [-0.4, -0.2) is 18.2 Å². The first kappa shape index (κ1) is 10.2. The molecule has 14 heavy (non-hydrogen) atoms. The normalized spacial score (nSPS) is 9.50. The summed E-state index contributed by atoms with van der Waals surface area (Å²) in [4.78, 5) is 11.0. The summed E-state index contributed by atoms with van der Waals surface area (Å²) in [6.07, 6.45) is 0. The molecule has 0 heterocycles. The molecule has 4 heteroatoms. The molecule has 0 aliphatic heterocycles. The molecule has 0 aliphatic rings. The zero-order valence-electron chi connectivity index (χ0n) is 7.91. The molecular formula is C10H12N2O2. The van der Waals surface area contributed by atoms with Gasteiger partial charge in [-0.05, 0) is 19.1 Å². The first-order valence-corrected chi connectivity index (χ1v) is 4.16. The number of Topliss-reactive ketones (excluding diaryl/α,β-unsaturated/α-hetero) is 1. The topological polar surface area (TPSA) is 76.2 Å². The van der Waals surface area contributed by atoms with Gasteiger partial charge in [-0.2, -0.15) is 0 Å². The van der Waals surface area contributed by atoms with Crippen molar-refractivity contribution < 1.29 is 9.53 Å². The van der Waals surface area contributed by atoms with E-state index in [-0.39, 0.29) is 18.2 Å². The van der Waals surface area contributed by atoms with Gasteiger partial charge in [0.15, 0.2) is 5.78 Å². The SMILES string of the molecule is CC(=O)c1cccc(OCC(=N)N)c1. The predicted molar refractivity (Wildman–Crippen MR) is 53.9 cm³/mol. The highest BCUT2D eigenvalue weighted by Gasteiger charge is 2.01. The van der Waals surface area contributed by atoms with Crippen molar-refractivity contribution in [3.05, 3.63) is 29.8 Å². The Bertz CT molecular complexity index is 361. The lowest BCUT2D eigenvalue weighted by molar-refractivity contribution is 0.101. The lowest BCUT2D eigenvalue weighted by Gasteiger charge is -2.05. The Balaban J connectivity index is 2.73. The number of carbonyl (C=O) groups is 1. The smallest absolute Gasteiger partial charge is 0.159 e. The van der Waals surface area contributed by atoms with E-state index < -0.39 is 0 Å². The minimum Gasteiger partial charge on any atom is -0.486 e. The minimum absolute atomic E-state index is 0.0155. The maximum absolute atomic E-state index is 11.0. The lowest BCUT2D eigenvalue weighted by atomic mass is 10.1. The first-order chi connectivity index (χ1) is 6.59. The summed E-state index contributed by atoms with van der Waals surface area (Å²) in [7, 11) is 0. The summed E-state index contributed by atoms with van der Waals surface area (Å²) in [5, 5.41) is 6.97. The van der Waals surface area contributed by atoms with Gasteiger partial charge < -0.3 is 10.5 Å². The van der Waals surface area contributed by atoms with Crippen molar-refractivity contribution in [2.75, 3.05) is 6.61 Å². The third-order valence-electron chi connectivity index (χ3n) is 1.63. The van der Waals surface area contributed by atoms with E-state index in [9.17, 15) is 4.79 Å². The summed E-state index contributed by atoms with van der Waals surface area (Å²) in [5.41, 5.74) is 5.72. The van der Waals surface area contributed by atoms with Gasteiger partial charge in [-0.15, -0.1) is 0 Å². The zero-order valence-corrected chi connectivity index (χ0v) is 7.91. The number of nitrogens with two attached hydrogens (primary N) is 1. The Morgan fingerprint density at radius 2 is 2.29 bits per heavy atom. The third kappa shape index (κ3) is 2.90. The van der Waals surface area contributed by atoms with Gasteiger partial charge in [0.1, 0.15) is 18.2 Å². The van der Waals surface area contributed by atoms with Crippen molar-refractivity contribution in [2.24, 2.45) is 5.73 Å². The Kier molecular flexibility index (Phi) is 3.23. The van der Waals surface area contributed by atoms with Gasteiger partial charge in [0.25, 0.3) is 0 Å². The summed E-state index contributed by atoms with van der Waals surface area (Å²) in [6.45, 7) is 1.53. The van der Waals surface area contributed by atoms with Crippen LogP contribution >= 0.6 is 0 Å². The third-order valence-corrected chi connectivity index (χ3v) is 1.63. The molecular weight excluding hydrogens is 180 g/mol. The van der Waals surface area contributed by atoms with E-state index in [4.69, 9.17) is 15.9 Å². The number of carbonyl (C=O) groups excluding carboxylic acids is 1. The number of benzene rings is 1. The summed E-state index contributed by atoms with van der Waals surface area (Å²) < 4.78 is 5.16. The molecule has 0 aliphatic carbocycles. The van der Waals surface area contributed by atoms with Crippen molar-refractivity contribution in [3.8, 4) is 5.75 Å². The molecule has 0 bridgehead atoms. The molecule has 0 amide bonds. The van der Waals surface area contributed by atoms with E-state index in [1.165, 1.54) is 6.92 Å². The molecule has 0 saturated carbocycles. The van der Waals surface area contributed by atoms with Gasteiger partial charge in [0.2, 0.25) is 0 Å². The van der Waals surface area contributed by atoms with Crippen LogP contribution in [0.5, 0.6) is 5.75 Å². The molecule has 1 aromatic rings. The molecule has 4 nitrogen and oxygen atoms in total. The van der Waals surface area contributed by atoms with Crippen molar-refractivity contribution in [3.63, 3.8) is 0 Å². The van der Waals surface area contributed by atoms with Gasteiger partial charge >= 0.3 is 0 Å². The maximum atomic E-state index is 11.0. The zero-order chi connectivity index (χ0) is 10.6. The predicted octanol–water partition coefficient (Wildman–Crippen LogP) is 1.20. The number of ketones is 1. The molecule has 0 fully saturated rings. The highest BCUT2D eigenvalue weighted by molar-refractivity contribution is 5.94. The molecule has 0 unspecified atom stereocenters. The van der Waals surface area contributed by atoms with Gasteiger partial charge in [-0.3, -0.25) is 10.2 Å². The quantitative estimate of drug-likeness (QED) is 0.427. The molecule has 0 spiro atoms. The summed E-state index contributed by atoms with van der Waals surface area (Å²) in [5.74, 6) is 0.490. The van der Waals surface area contributed by atoms with Gasteiger partial charge in [-0.25, -0.2) is 0 Å². The largest absolute Gasteiger partial charge is 0.486 e. The maximum Gasteiger partial charge on any atom is 0.159 e. The second-order valence-corrected chi connectivity index (χ2v) is 2.90. The number of nitrogens with one attached hydrogen (secondary N) is 1. The van der Waals surface area contributed by atoms with Crippen molar-refractivity contribution in [1.29, 1.82) is 5.41 Å². The fourth-order valence-electron chi connectivity index (χ4n) is 0.966. The molecule has 74 valence electrons. The van der Waals surface area contributed by atoms with E-state index in [1.807, 2.05) is 0 Å². The summed E-state index contributed by atoms with van der Waals surface area (Å²) in [6, 6.07) is 6.79. The second-order valence-electron chi connectivity index (χ2n) is 2.90. The lowest BCUT2D eigenvalue weighted by Crippen LogP contribution is -2.19. The van der Waals surface area contributed by atoms with Gasteiger partial charge in [-0.1, -0.05) is 12.1 Å². The number of ether oxygens (including phenoxy) is 1. The van der Waals surface area contributed by atoms with Gasteiger partial charge in [0.05, 0.1) is 0 Å². The standard InChI is InChI=1S/C10H12N2O2/c1-7(13)8-3-2-4-9(5-8)14-6-10(11)12/h2-5H,6H2,1H3,(H3,11,12). The Hall–Kier alpha value is -1.84.